The van der Waals surface area contributed by atoms with Gasteiger partial charge in [-0.25, -0.2) is 0 Å². The van der Waals surface area contributed by atoms with Crippen molar-refractivity contribution >= 4 is 23.2 Å². The number of anilines is 2. The van der Waals surface area contributed by atoms with Crippen molar-refractivity contribution in [3.05, 3.63) is 59.7 Å². The van der Waals surface area contributed by atoms with E-state index < -0.39 is 18.2 Å². The van der Waals surface area contributed by atoms with Crippen LogP contribution in [0.1, 0.15) is 17.5 Å². The van der Waals surface area contributed by atoms with Gasteiger partial charge < -0.3 is 10.6 Å². The SMILES string of the molecule is N#Cc1ccccc1NC(=O)CC(=O)Nc1ccccc1C#N. The average molecular weight is 304 g/mol. The molecule has 0 unspecified atom stereocenters. The first-order valence-electron chi connectivity index (χ1n) is 6.72. The molecule has 2 rings (SSSR count). The quantitative estimate of drug-likeness (QED) is 0.846. The van der Waals surface area contributed by atoms with Crippen molar-refractivity contribution in [3.8, 4) is 12.1 Å². The minimum Gasteiger partial charge on any atom is -0.324 e. The number of nitriles is 2. The maximum absolute atomic E-state index is 11.9. The molecule has 0 saturated carbocycles. The fourth-order valence-electron chi connectivity index (χ4n) is 1.91. The molecule has 0 aliphatic heterocycles. The molecular weight excluding hydrogens is 292 g/mol. The Hall–Kier alpha value is -3.64. The molecule has 0 atom stereocenters. The van der Waals surface area contributed by atoms with Crippen molar-refractivity contribution < 1.29 is 9.59 Å². The zero-order chi connectivity index (χ0) is 16.7. The van der Waals surface area contributed by atoms with Gasteiger partial charge in [0.1, 0.15) is 18.6 Å². The number of rotatable bonds is 4. The molecule has 0 aliphatic rings. The lowest BCUT2D eigenvalue weighted by Gasteiger charge is -2.08. The van der Waals surface area contributed by atoms with Crippen molar-refractivity contribution in [1.82, 2.24) is 0 Å². The third-order valence-corrected chi connectivity index (χ3v) is 2.96. The molecular formula is C17H12N4O2. The Morgan fingerprint density at radius 3 is 1.57 bits per heavy atom. The number of para-hydroxylation sites is 2. The minimum absolute atomic E-state index is 0.316. The van der Waals surface area contributed by atoms with Gasteiger partial charge in [0.15, 0.2) is 0 Å². The predicted molar refractivity (Wildman–Crippen MR) is 84.2 cm³/mol. The lowest BCUT2D eigenvalue weighted by atomic mass is 10.2. The number of nitrogens with one attached hydrogen (secondary N) is 2. The van der Waals surface area contributed by atoms with E-state index in [2.05, 4.69) is 10.6 Å². The fraction of sp³-hybridized carbons (Fsp3) is 0.0588. The third kappa shape index (κ3) is 4.16. The normalized spacial score (nSPS) is 9.30. The van der Waals surface area contributed by atoms with Crippen LogP contribution in [0.4, 0.5) is 11.4 Å². The summed E-state index contributed by atoms with van der Waals surface area (Å²) in [6, 6.07) is 16.9. The van der Waals surface area contributed by atoms with Crippen LogP contribution in [0.5, 0.6) is 0 Å². The molecule has 0 aromatic heterocycles. The molecule has 6 nitrogen and oxygen atoms in total. The summed E-state index contributed by atoms with van der Waals surface area (Å²) in [4.78, 5) is 23.8. The first-order valence-corrected chi connectivity index (χ1v) is 6.72. The molecule has 0 fully saturated rings. The average Bonchev–Trinajstić information content (AvgIpc) is 2.55. The maximum atomic E-state index is 11.9. The molecule has 0 radical (unpaired) electrons. The fourth-order valence-corrected chi connectivity index (χ4v) is 1.91. The van der Waals surface area contributed by atoms with E-state index in [0.29, 0.717) is 22.5 Å². The Morgan fingerprint density at radius 1 is 0.783 bits per heavy atom. The predicted octanol–water partition coefficient (Wildman–Crippen LogP) is 2.40. The molecule has 112 valence electrons. The number of carbonyl (C=O) groups excluding carboxylic acids is 2. The van der Waals surface area contributed by atoms with E-state index in [4.69, 9.17) is 10.5 Å². The summed E-state index contributed by atoms with van der Waals surface area (Å²) < 4.78 is 0. The van der Waals surface area contributed by atoms with Gasteiger partial charge in [-0.15, -0.1) is 0 Å². The minimum atomic E-state index is -0.542. The maximum Gasteiger partial charge on any atom is 0.233 e. The van der Waals surface area contributed by atoms with Crippen LogP contribution in [0.2, 0.25) is 0 Å². The highest BCUT2D eigenvalue weighted by Gasteiger charge is 2.13. The Morgan fingerprint density at radius 2 is 1.17 bits per heavy atom. The smallest absolute Gasteiger partial charge is 0.233 e. The summed E-state index contributed by atoms with van der Waals surface area (Å²) in [5.41, 5.74) is 1.34. The van der Waals surface area contributed by atoms with E-state index in [1.165, 1.54) is 0 Å². The van der Waals surface area contributed by atoms with E-state index >= 15 is 0 Å². The van der Waals surface area contributed by atoms with Gasteiger partial charge in [-0.3, -0.25) is 9.59 Å². The van der Waals surface area contributed by atoms with Crippen molar-refractivity contribution in [2.75, 3.05) is 10.6 Å². The Bertz CT molecular complexity index is 761. The van der Waals surface area contributed by atoms with Crippen LogP contribution in [0, 0.1) is 22.7 Å². The standard InChI is InChI=1S/C17H12N4O2/c18-10-12-5-1-3-7-14(12)20-16(22)9-17(23)21-15-8-4-2-6-13(15)11-19/h1-8H,9H2,(H,20,22)(H,21,23). The second kappa shape index (κ2) is 7.39. The van der Waals surface area contributed by atoms with Gasteiger partial charge in [-0.1, -0.05) is 24.3 Å². The van der Waals surface area contributed by atoms with Crippen LogP contribution in [-0.2, 0) is 9.59 Å². The van der Waals surface area contributed by atoms with Crippen molar-refractivity contribution in [2.24, 2.45) is 0 Å². The van der Waals surface area contributed by atoms with Crippen LogP contribution < -0.4 is 10.6 Å². The monoisotopic (exact) mass is 304 g/mol. The molecule has 2 N–H and O–H groups in total. The summed E-state index contributed by atoms with van der Waals surface area (Å²) >= 11 is 0. The number of hydrogen-bond acceptors (Lipinski definition) is 4. The number of amides is 2. The molecule has 6 heteroatoms. The number of carbonyl (C=O) groups is 2. The zero-order valence-corrected chi connectivity index (χ0v) is 12.0. The molecule has 2 aromatic carbocycles. The Labute approximate surface area is 133 Å². The number of nitrogens with zero attached hydrogens (tertiary/aromatic N) is 2. The highest BCUT2D eigenvalue weighted by Crippen LogP contribution is 2.15. The second-order valence-electron chi connectivity index (χ2n) is 4.59. The molecule has 2 aromatic rings. The van der Waals surface area contributed by atoms with Gasteiger partial charge in [0.25, 0.3) is 0 Å². The van der Waals surface area contributed by atoms with E-state index in [1.807, 2.05) is 12.1 Å². The first kappa shape index (κ1) is 15.7. The van der Waals surface area contributed by atoms with E-state index in [-0.39, 0.29) is 0 Å². The van der Waals surface area contributed by atoms with E-state index in [0.717, 1.165) is 0 Å². The summed E-state index contributed by atoms with van der Waals surface area (Å²) in [6.45, 7) is 0. The molecule has 23 heavy (non-hydrogen) atoms. The molecule has 0 bridgehead atoms. The largest absolute Gasteiger partial charge is 0.324 e. The van der Waals surface area contributed by atoms with Crippen molar-refractivity contribution in [3.63, 3.8) is 0 Å². The summed E-state index contributed by atoms with van der Waals surface area (Å²) in [7, 11) is 0. The second-order valence-corrected chi connectivity index (χ2v) is 4.59. The molecule has 0 aliphatic carbocycles. The third-order valence-electron chi connectivity index (χ3n) is 2.96. The first-order chi connectivity index (χ1) is 11.1. The van der Waals surface area contributed by atoms with Crippen molar-refractivity contribution in [1.29, 1.82) is 10.5 Å². The van der Waals surface area contributed by atoms with Crippen molar-refractivity contribution in [2.45, 2.75) is 6.42 Å². The van der Waals surface area contributed by atoms with E-state index in [1.54, 1.807) is 48.5 Å². The van der Waals surface area contributed by atoms with Crippen LogP contribution in [0.3, 0.4) is 0 Å². The van der Waals surface area contributed by atoms with Crippen LogP contribution in [-0.4, -0.2) is 11.8 Å². The molecule has 2 amide bonds. The number of hydrogen-bond donors (Lipinski definition) is 2. The van der Waals surface area contributed by atoms with Crippen LogP contribution >= 0.6 is 0 Å². The summed E-state index contributed by atoms with van der Waals surface area (Å²) in [6.07, 6.45) is -0.417. The molecule has 0 saturated heterocycles. The lowest BCUT2D eigenvalue weighted by molar-refractivity contribution is -0.123. The molecule has 0 heterocycles. The summed E-state index contributed by atoms with van der Waals surface area (Å²) in [5.74, 6) is -1.08. The van der Waals surface area contributed by atoms with Gasteiger partial charge in [0, 0.05) is 0 Å². The highest BCUT2D eigenvalue weighted by atomic mass is 16.2. The van der Waals surface area contributed by atoms with Gasteiger partial charge in [-0.2, -0.15) is 10.5 Å². The van der Waals surface area contributed by atoms with Crippen LogP contribution in [0.15, 0.2) is 48.5 Å². The highest BCUT2D eigenvalue weighted by molar-refractivity contribution is 6.08. The van der Waals surface area contributed by atoms with Gasteiger partial charge >= 0.3 is 0 Å². The number of benzene rings is 2. The van der Waals surface area contributed by atoms with Gasteiger partial charge in [0.05, 0.1) is 22.5 Å². The van der Waals surface area contributed by atoms with Gasteiger partial charge in [0.2, 0.25) is 11.8 Å². The lowest BCUT2D eigenvalue weighted by Crippen LogP contribution is -2.22. The van der Waals surface area contributed by atoms with Crippen LogP contribution in [0.25, 0.3) is 0 Å². The molecule has 0 spiro atoms. The zero-order valence-electron chi connectivity index (χ0n) is 12.0. The summed E-state index contributed by atoms with van der Waals surface area (Å²) in [5, 5.41) is 22.9. The van der Waals surface area contributed by atoms with Gasteiger partial charge in [-0.05, 0) is 24.3 Å². The Balaban J connectivity index is 1.99. The Kier molecular flexibility index (Phi) is 5.06. The van der Waals surface area contributed by atoms with E-state index in [9.17, 15) is 9.59 Å². The topological polar surface area (TPSA) is 106 Å².